The number of ether oxygens (including phenoxy) is 1. The molecule has 1 aromatic rings. The Morgan fingerprint density at radius 1 is 1.67 bits per heavy atom. The average molecular weight is 210 g/mol. The first-order chi connectivity index (χ1) is 7.08. The number of hydrogen-bond acceptors (Lipinski definition) is 4. The molecular formula is C11H14O4. The van der Waals surface area contributed by atoms with Gasteiger partial charge in [0, 0.05) is 0 Å². The summed E-state index contributed by atoms with van der Waals surface area (Å²) in [6.45, 7) is 3.43. The van der Waals surface area contributed by atoms with E-state index in [0.29, 0.717) is 17.1 Å². The van der Waals surface area contributed by atoms with E-state index in [0.717, 1.165) is 5.57 Å². The van der Waals surface area contributed by atoms with Crippen molar-refractivity contribution in [2.24, 2.45) is 0 Å². The summed E-state index contributed by atoms with van der Waals surface area (Å²) in [5.41, 5.74) is 1.18. The molecule has 15 heavy (non-hydrogen) atoms. The van der Waals surface area contributed by atoms with Gasteiger partial charge in [-0.25, -0.2) is 4.79 Å². The van der Waals surface area contributed by atoms with Gasteiger partial charge in [-0.15, -0.1) is 0 Å². The average Bonchev–Trinajstić information content (AvgIpc) is 2.58. The van der Waals surface area contributed by atoms with E-state index in [9.17, 15) is 4.79 Å². The largest absolute Gasteiger partial charge is 0.465 e. The molecule has 0 aromatic carbocycles. The van der Waals surface area contributed by atoms with Crippen molar-refractivity contribution >= 4 is 12.0 Å². The first-order valence-electron chi connectivity index (χ1n) is 4.55. The van der Waals surface area contributed by atoms with Crippen molar-refractivity contribution in [3.05, 3.63) is 28.7 Å². The van der Waals surface area contributed by atoms with Crippen LogP contribution in [0, 0.1) is 6.92 Å². The van der Waals surface area contributed by atoms with E-state index < -0.39 is 5.97 Å². The Labute approximate surface area is 88.2 Å². The summed E-state index contributed by atoms with van der Waals surface area (Å²) >= 11 is 0. The first kappa shape index (κ1) is 11.5. The number of aliphatic hydroxyl groups excluding tert-OH is 1. The Kier molecular flexibility index (Phi) is 3.68. The Balaban J connectivity index is 3.01. The van der Waals surface area contributed by atoms with E-state index in [-0.39, 0.29) is 6.61 Å². The summed E-state index contributed by atoms with van der Waals surface area (Å²) in [5, 5.41) is 8.83. The van der Waals surface area contributed by atoms with Crippen LogP contribution in [0.3, 0.4) is 0 Å². The summed E-state index contributed by atoms with van der Waals surface area (Å²) in [6.07, 6.45) is 1.68. The van der Waals surface area contributed by atoms with Crippen molar-refractivity contribution in [3.8, 4) is 0 Å². The predicted molar refractivity (Wildman–Crippen MR) is 55.5 cm³/mol. The molecule has 1 aromatic heterocycles. The standard InChI is InChI=1S/C11H14O4/c1-7(6-12)4-9-5-10(8(2)15-9)11(13)14-3/h4-5,12H,6H2,1-3H3/b7-4-. The molecular weight excluding hydrogens is 196 g/mol. The van der Waals surface area contributed by atoms with E-state index in [4.69, 9.17) is 9.52 Å². The van der Waals surface area contributed by atoms with Crippen molar-refractivity contribution < 1.29 is 19.1 Å². The predicted octanol–water partition coefficient (Wildman–Crippen LogP) is 1.77. The maximum atomic E-state index is 11.3. The van der Waals surface area contributed by atoms with Crippen molar-refractivity contribution in [1.82, 2.24) is 0 Å². The summed E-state index contributed by atoms with van der Waals surface area (Å²) in [4.78, 5) is 11.3. The Bertz CT molecular complexity index is 387. The molecule has 0 bridgehead atoms. The van der Waals surface area contributed by atoms with Gasteiger partial charge in [0.25, 0.3) is 0 Å². The molecule has 0 unspecified atom stereocenters. The molecule has 0 fully saturated rings. The number of hydrogen-bond donors (Lipinski definition) is 1. The van der Waals surface area contributed by atoms with Crippen LogP contribution in [0.2, 0.25) is 0 Å². The van der Waals surface area contributed by atoms with Crippen LogP contribution in [0.15, 0.2) is 16.1 Å². The number of aliphatic hydroxyl groups is 1. The summed E-state index contributed by atoms with van der Waals surface area (Å²) < 4.78 is 9.91. The van der Waals surface area contributed by atoms with Gasteiger partial charge in [-0.3, -0.25) is 0 Å². The van der Waals surface area contributed by atoms with Gasteiger partial charge in [-0.05, 0) is 31.6 Å². The molecule has 1 rings (SSSR count). The maximum absolute atomic E-state index is 11.3. The molecule has 0 aliphatic heterocycles. The third kappa shape index (κ3) is 2.70. The third-order valence-corrected chi connectivity index (χ3v) is 1.98. The van der Waals surface area contributed by atoms with Crippen molar-refractivity contribution in [2.75, 3.05) is 13.7 Å². The lowest BCUT2D eigenvalue weighted by molar-refractivity contribution is 0.0599. The quantitative estimate of drug-likeness (QED) is 0.772. The third-order valence-electron chi connectivity index (χ3n) is 1.98. The molecule has 0 saturated heterocycles. The van der Waals surface area contributed by atoms with Crippen LogP contribution in [-0.2, 0) is 4.74 Å². The molecule has 4 heteroatoms. The van der Waals surface area contributed by atoms with Crippen LogP contribution >= 0.6 is 0 Å². The van der Waals surface area contributed by atoms with E-state index in [2.05, 4.69) is 4.74 Å². The van der Waals surface area contributed by atoms with Crippen molar-refractivity contribution in [2.45, 2.75) is 13.8 Å². The van der Waals surface area contributed by atoms with E-state index in [1.54, 1.807) is 26.0 Å². The molecule has 0 amide bonds. The van der Waals surface area contributed by atoms with Crippen molar-refractivity contribution in [1.29, 1.82) is 0 Å². The number of aryl methyl sites for hydroxylation is 1. The fourth-order valence-electron chi connectivity index (χ4n) is 1.18. The number of methoxy groups -OCH3 is 1. The monoisotopic (exact) mass is 210 g/mol. The zero-order chi connectivity index (χ0) is 11.4. The van der Waals surface area contributed by atoms with Gasteiger partial charge in [-0.1, -0.05) is 0 Å². The van der Waals surface area contributed by atoms with Gasteiger partial charge in [0.2, 0.25) is 0 Å². The van der Waals surface area contributed by atoms with E-state index in [1.165, 1.54) is 7.11 Å². The molecule has 1 heterocycles. The lowest BCUT2D eigenvalue weighted by Crippen LogP contribution is -2.00. The highest BCUT2D eigenvalue weighted by Gasteiger charge is 2.14. The highest BCUT2D eigenvalue weighted by Crippen LogP contribution is 2.17. The first-order valence-corrected chi connectivity index (χ1v) is 4.55. The van der Waals surface area contributed by atoms with Gasteiger partial charge < -0.3 is 14.3 Å². The Hall–Kier alpha value is -1.55. The molecule has 0 aliphatic carbocycles. The number of carbonyl (C=O) groups excluding carboxylic acids is 1. The molecule has 82 valence electrons. The summed E-state index contributed by atoms with van der Waals surface area (Å²) in [6, 6.07) is 1.60. The fraction of sp³-hybridized carbons (Fsp3) is 0.364. The zero-order valence-corrected chi connectivity index (χ0v) is 9.03. The summed E-state index contributed by atoms with van der Waals surface area (Å²) in [7, 11) is 1.32. The van der Waals surface area contributed by atoms with Crippen LogP contribution in [0.25, 0.3) is 6.08 Å². The van der Waals surface area contributed by atoms with Gasteiger partial charge in [0.05, 0.1) is 13.7 Å². The molecule has 4 nitrogen and oxygen atoms in total. The van der Waals surface area contributed by atoms with Gasteiger partial charge >= 0.3 is 5.97 Å². The molecule has 0 aliphatic rings. The lowest BCUT2D eigenvalue weighted by Gasteiger charge is -1.93. The second-order valence-corrected chi connectivity index (χ2v) is 3.26. The second kappa shape index (κ2) is 4.79. The van der Waals surface area contributed by atoms with Crippen molar-refractivity contribution in [3.63, 3.8) is 0 Å². The Morgan fingerprint density at radius 3 is 2.87 bits per heavy atom. The van der Waals surface area contributed by atoms with E-state index in [1.807, 2.05) is 0 Å². The number of rotatable bonds is 3. The molecule has 0 spiro atoms. The van der Waals surface area contributed by atoms with E-state index >= 15 is 0 Å². The second-order valence-electron chi connectivity index (χ2n) is 3.26. The van der Waals surface area contributed by atoms with Crippen LogP contribution in [0.4, 0.5) is 0 Å². The zero-order valence-electron chi connectivity index (χ0n) is 9.03. The minimum absolute atomic E-state index is 0.0344. The number of carbonyl (C=O) groups is 1. The van der Waals surface area contributed by atoms with Crippen LogP contribution in [0.1, 0.15) is 28.8 Å². The van der Waals surface area contributed by atoms with Gasteiger partial charge in [0.1, 0.15) is 17.1 Å². The minimum Gasteiger partial charge on any atom is -0.465 e. The smallest absolute Gasteiger partial charge is 0.341 e. The Morgan fingerprint density at radius 2 is 2.33 bits per heavy atom. The molecule has 0 atom stereocenters. The fourth-order valence-corrected chi connectivity index (χ4v) is 1.18. The topological polar surface area (TPSA) is 59.7 Å². The molecule has 0 radical (unpaired) electrons. The SMILES string of the molecule is COC(=O)c1cc(/C=C(/C)CO)oc1C. The number of furan rings is 1. The van der Waals surface area contributed by atoms with Gasteiger partial charge in [0.15, 0.2) is 0 Å². The van der Waals surface area contributed by atoms with Gasteiger partial charge in [-0.2, -0.15) is 0 Å². The highest BCUT2D eigenvalue weighted by molar-refractivity contribution is 5.91. The van der Waals surface area contributed by atoms with Crippen LogP contribution < -0.4 is 0 Å². The minimum atomic E-state index is -0.419. The summed E-state index contributed by atoms with van der Waals surface area (Å²) in [5.74, 6) is 0.635. The maximum Gasteiger partial charge on any atom is 0.341 e. The van der Waals surface area contributed by atoms with Crippen LogP contribution in [-0.4, -0.2) is 24.8 Å². The highest BCUT2D eigenvalue weighted by atomic mass is 16.5. The van der Waals surface area contributed by atoms with Crippen LogP contribution in [0.5, 0.6) is 0 Å². The normalized spacial score (nSPS) is 11.6. The lowest BCUT2D eigenvalue weighted by atomic mass is 10.2. The number of esters is 1. The molecule has 1 N–H and O–H groups in total. The molecule has 0 saturated carbocycles.